The third-order valence-corrected chi connectivity index (χ3v) is 3.13. The van der Waals surface area contributed by atoms with E-state index in [0.29, 0.717) is 5.69 Å². The molecule has 1 aromatic carbocycles. The van der Waals surface area contributed by atoms with Crippen LogP contribution in [0.2, 0.25) is 0 Å². The van der Waals surface area contributed by atoms with Crippen molar-refractivity contribution >= 4 is 11.4 Å². The van der Waals surface area contributed by atoms with Gasteiger partial charge in [0.2, 0.25) is 0 Å². The van der Waals surface area contributed by atoms with E-state index in [4.69, 9.17) is 11.0 Å². The highest BCUT2D eigenvalue weighted by Crippen LogP contribution is 2.20. The van der Waals surface area contributed by atoms with E-state index >= 15 is 0 Å². The summed E-state index contributed by atoms with van der Waals surface area (Å²) >= 11 is 0. The summed E-state index contributed by atoms with van der Waals surface area (Å²) in [7, 11) is 0. The first-order chi connectivity index (χ1) is 9.74. The number of benzene rings is 1. The van der Waals surface area contributed by atoms with Gasteiger partial charge < -0.3 is 10.6 Å². The third kappa shape index (κ3) is 3.27. The second kappa shape index (κ2) is 6.58. The summed E-state index contributed by atoms with van der Waals surface area (Å²) < 4.78 is 0. The van der Waals surface area contributed by atoms with E-state index in [0.717, 1.165) is 36.4 Å². The standard InChI is InChI=1S/C16H18N4/c1-2-9-20(12-13-5-3-4-6-16(13)18)15-7-8-19-14(10-15)11-17/h3-8,10H,2,9,12,18H2,1H3. The van der Waals surface area contributed by atoms with E-state index in [1.807, 2.05) is 36.4 Å². The second-order valence-corrected chi connectivity index (χ2v) is 4.63. The van der Waals surface area contributed by atoms with E-state index in [9.17, 15) is 0 Å². The average molecular weight is 266 g/mol. The highest BCUT2D eigenvalue weighted by atomic mass is 15.1. The monoisotopic (exact) mass is 266 g/mol. The molecule has 2 rings (SSSR count). The van der Waals surface area contributed by atoms with E-state index in [-0.39, 0.29) is 0 Å². The Morgan fingerprint density at radius 1 is 1.30 bits per heavy atom. The summed E-state index contributed by atoms with van der Waals surface area (Å²) in [6.07, 6.45) is 2.70. The highest BCUT2D eigenvalue weighted by Gasteiger charge is 2.09. The third-order valence-electron chi connectivity index (χ3n) is 3.13. The fourth-order valence-electron chi connectivity index (χ4n) is 2.13. The van der Waals surface area contributed by atoms with Gasteiger partial charge in [-0.15, -0.1) is 0 Å². The Morgan fingerprint density at radius 2 is 2.10 bits per heavy atom. The molecule has 2 N–H and O–H groups in total. The van der Waals surface area contributed by atoms with Crippen molar-refractivity contribution in [1.29, 1.82) is 5.26 Å². The molecule has 0 spiro atoms. The number of pyridine rings is 1. The number of nitrogens with two attached hydrogens (primary N) is 1. The lowest BCUT2D eigenvalue weighted by atomic mass is 10.1. The maximum atomic E-state index is 8.96. The molecule has 1 heterocycles. The molecule has 0 fully saturated rings. The zero-order chi connectivity index (χ0) is 14.4. The number of nitrogens with zero attached hydrogens (tertiary/aromatic N) is 3. The summed E-state index contributed by atoms with van der Waals surface area (Å²) in [5.74, 6) is 0. The summed E-state index contributed by atoms with van der Waals surface area (Å²) in [5, 5.41) is 8.96. The second-order valence-electron chi connectivity index (χ2n) is 4.63. The molecule has 0 unspecified atom stereocenters. The van der Waals surface area contributed by atoms with Crippen molar-refractivity contribution in [3.8, 4) is 6.07 Å². The quantitative estimate of drug-likeness (QED) is 0.845. The molecule has 0 aliphatic heterocycles. The van der Waals surface area contributed by atoms with Gasteiger partial charge in [0.25, 0.3) is 0 Å². The van der Waals surface area contributed by atoms with Crippen LogP contribution in [0.3, 0.4) is 0 Å². The Labute approximate surface area is 119 Å². The Balaban J connectivity index is 2.27. The van der Waals surface area contributed by atoms with E-state index in [1.54, 1.807) is 6.20 Å². The molecule has 0 radical (unpaired) electrons. The SMILES string of the molecule is CCCN(Cc1ccccc1N)c1ccnc(C#N)c1. The van der Waals surface area contributed by atoms with E-state index < -0.39 is 0 Å². The molecular weight excluding hydrogens is 248 g/mol. The van der Waals surface area contributed by atoms with Crippen LogP contribution < -0.4 is 10.6 Å². The van der Waals surface area contributed by atoms with Crippen LogP contribution in [0.5, 0.6) is 0 Å². The summed E-state index contributed by atoms with van der Waals surface area (Å²) in [6.45, 7) is 3.77. The van der Waals surface area contributed by atoms with Gasteiger partial charge in [-0.1, -0.05) is 25.1 Å². The molecule has 4 heteroatoms. The van der Waals surface area contributed by atoms with Crippen molar-refractivity contribution < 1.29 is 0 Å². The lowest BCUT2D eigenvalue weighted by Crippen LogP contribution is -2.24. The molecule has 102 valence electrons. The molecule has 0 saturated carbocycles. The van der Waals surface area contributed by atoms with Gasteiger partial charge in [0.05, 0.1) is 0 Å². The zero-order valence-electron chi connectivity index (χ0n) is 11.6. The minimum absolute atomic E-state index is 0.435. The van der Waals surface area contributed by atoms with E-state index in [2.05, 4.69) is 22.9 Å². The molecule has 0 amide bonds. The molecule has 0 aliphatic carbocycles. The molecule has 0 aliphatic rings. The Bertz CT molecular complexity index is 616. The van der Waals surface area contributed by atoms with Crippen LogP contribution in [0.1, 0.15) is 24.6 Å². The number of rotatable bonds is 5. The Hall–Kier alpha value is -2.54. The topological polar surface area (TPSA) is 65.9 Å². The van der Waals surface area contributed by atoms with Crippen LogP contribution in [-0.4, -0.2) is 11.5 Å². The van der Waals surface area contributed by atoms with Crippen LogP contribution in [0, 0.1) is 11.3 Å². The fourth-order valence-corrected chi connectivity index (χ4v) is 2.13. The molecular formula is C16H18N4. The predicted octanol–water partition coefficient (Wildman–Crippen LogP) is 2.95. The Morgan fingerprint density at radius 3 is 2.80 bits per heavy atom. The number of nitriles is 1. The van der Waals surface area contributed by atoms with Crippen LogP contribution in [-0.2, 0) is 6.54 Å². The molecule has 20 heavy (non-hydrogen) atoms. The van der Waals surface area contributed by atoms with Crippen LogP contribution >= 0.6 is 0 Å². The van der Waals surface area contributed by atoms with E-state index in [1.165, 1.54) is 0 Å². The first-order valence-electron chi connectivity index (χ1n) is 6.69. The number of anilines is 2. The predicted molar refractivity (Wildman–Crippen MR) is 81.1 cm³/mol. The molecule has 1 aromatic heterocycles. The van der Waals surface area contributed by atoms with Crippen molar-refractivity contribution in [3.63, 3.8) is 0 Å². The van der Waals surface area contributed by atoms with Gasteiger partial charge in [0.15, 0.2) is 0 Å². The van der Waals surface area contributed by atoms with Crippen molar-refractivity contribution in [2.45, 2.75) is 19.9 Å². The normalized spacial score (nSPS) is 10.0. The maximum absolute atomic E-state index is 8.96. The van der Waals surface area contributed by atoms with Crippen LogP contribution in [0.4, 0.5) is 11.4 Å². The lowest BCUT2D eigenvalue weighted by molar-refractivity contribution is 0.767. The average Bonchev–Trinajstić information content (AvgIpc) is 2.49. The van der Waals surface area contributed by atoms with Gasteiger partial charge >= 0.3 is 0 Å². The molecule has 0 bridgehead atoms. The lowest BCUT2D eigenvalue weighted by Gasteiger charge is -2.25. The number of para-hydroxylation sites is 1. The fraction of sp³-hybridized carbons (Fsp3) is 0.250. The number of hydrogen-bond donors (Lipinski definition) is 1. The summed E-state index contributed by atoms with van der Waals surface area (Å²) in [4.78, 5) is 6.23. The summed E-state index contributed by atoms with van der Waals surface area (Å²) in [5.41, 5.74) is 9.33. The largest absolute Gasteiger partial charge is 0.398 e. The van der Waals surface area contributed by atoms with Gasteiger partial charge in [-0.2, -0.15) is 5.26 Å². The first kappa shape index (κ1) is 13.9. The maximum Gasteiger partial charge on any atom is 0.142 e. The van der Waals surface area contributed by atoms with Gasteiger partial charge in [0.1, 0.15) is 11.8 Å². The summed E-state index contributed by atoms with van der Waals surface area (Å²) in [6, 6.07) is 13.7. The van der Waals surface area contributed by atoms with Gasteiger partial charge in [-0.05, 0) is 30.2 Å². The number of aromatic nitrogens is 1. The van der Waals surface area contributed by atoms with Crippen molar-refractivity contribution in [1.82, 2.24) is 4.98 Å². The minimum atomic E-state index is 0.435. The smallest absolute Gasteiger partial charge is 0.142 e. The van der Waals surface area contributed by atoms with Crippen LogP contribution in [0.25, 0.3) is 0 Å². The van der Waals surface area contributed by atoms with Gasteiger partial charge in [-0.3, -0.25) is 0 Å². The van der Waals surface area contributed by atoms with Gasteiger partial charge in [0, 0.05) is 30.7 Å². The molecule has 0 saturated heterocycles. The molecule has 0 atom stereocenters. The highest BCUT2D eigenvalue weighted by molar-refractivity contribution is 5.53. The van der Waals surface area contributed by atoms with Gasteiger partial charge in [-0.25, -0.2) is 4.98 Å². The number of nitrogen functional groups attached to an aromatic ring is 1. The first-order valence-corrected chi connectivity index (χ1v) is 6.69. The van der Waals surface area contributed by atoms with Crippen LogP contribution in [0.15, 0.2) is 42.6 Å². The zero-order valence-corrected chi connectivity index (χ0v) is 11.6. The van der Waals surface area contributed by atoms with Crippen molar-refractivity contribution in [2.75, 3.05) is 17.2 Å². The molecule has 4 nitrogen and oxygen atoms in total. The number of hydrogen-bond acceptors (Lipinski definition) is 4. The van der Waals surface area contributed by atoms with Crippen molar-refractivity contribution in [2.24, 2.45) is 0 Å². The minimum Gasteiger partial charge on any atom is -0.398 e. The Kier molecular flexibility index (Phi) is 4.56. The van der Waals surface area contributed by atoms with Crippen molar-refractivity contribution in [3.05, 3.63) is 53.9 Å². The molecule has 2 aromatic rings.